The van der Waals surface area contributed by atoms with E-state index in [0.717, 1.165) is 12.8 Å². The molecule has 16 heavy (non-hydrogen) atoms. The zero-order valence-corrected chi connectivity index (χ0v) is 10.3. The van der Waals surface area contributed by atoms with Gasteiger partial charge in [0.05, 0.1) is 0 Å². The minimum absolute atomic E-state index is 0.0865. The van der Waals surface area contributed by atoms with Crippen LogP contribution in [0.4, 0.5) is 0 Å². The van der Waals surface area contributed by atoms with Gasteiger partial charge >= 0.3 is 0 Å². The van der Waals surface area contributed by atoms with Crippen molar-refractivity contribution >= 4 is 0 Å². The molecule has 0 aliphatic heterocycles. The van der Waals surface area contributed by atoms with Gasteiger partial charge < -0.3 is 5.11 Å². The van der Waals surface area contributed by atoms with E-state index in [0.29, 0.717) is 11.7 Å². The van der Waals surface area contributed by atoms with Gasteiger partial charge in [0.25, 0.3) is 0 Å². The fourth-order valence-electron chi connectivity index (χ4n) is 2.28. The topological polar surface area (TPSA) is 20.2 Å². The maximum Gasteiger partial charge on any atom is 0.115 e. The van der Waals surface area contributed by atoms with Gasteiger partial charge in [0, 0.05) is 5.41 Å². The van der Waals surface area contributed by atoms with Gasteiger partial charge in [-0.15, -0.1) is 0 Å². The molecule has 1 N–H and O–H groups in total. The Bertz CT molecular complexity index is 409. The third kappa shape index (κ3) is 1.87. The van der Waals surface area contributed by atoms with E-state index in [9.17, 15) is 5.11 Å². The summed E-state index contributed by atoms with van der Waals surface area (Å²) in [5.41, 5.74) is 2.74. The zero-order valence-electron chi connectivity index (χ0n) is 10.3. The molecule has 2 rings (SSSR count). The Morgan fingerprint density at radius 2 is 2.19 bits per heavy atom. The predicted molar refractivity (Wildman–Crippen MR) is 68.2 cm³/mol. The summed E-state index contributed by atoms with van der Waals surface area (Å²) in [5.74, 6) is 0.979. The van der Waals surface area contributed by atoms with Gasteiger partial charge in [-0.25, -0.2) is 0 Å². The fraction of sp³-hybridized carbons (Fsp3) is 0.467. The zero-order chi connectivity index (χ0) is 11.8. The Kier molecular flexibility index (Phi) is 2.79. The number of rotatable bonds is 2. The van der Waals surface area contributed by atoms with Crippen molar-refractivity contribution in [3.63, 3.8) is 0 Å². The average Bonchev–Trinajstić information content (AvgIpc) is 2.28. The van der Waals surface area contributed by atoms with E-state index in [2.05, 4.69) is 39.0 Å². The summed E-state index contributed by atoms with van der Waals surface area (Å²) in [7, 11) is 0. The number of aliphatic hydroxyl groups is 1. The number of aliphatic hydroxyl groups excluding tert-OH is 1. The number of fused-ring (bicyclic) bond motifs is 1. The molecule has 0 bridgehead atoms. The molecule has 2 aliphatic carbocycles. The summed E-state index contributed by atoms with van der Waals surface area (Å²) in [4.78, 5) is 0. The molecule has 1 nitrogen and oxygen atoms in total. The second-order valence-corrected chi connectivity index (χ2v) is 5.14. The van der Waals surface area contributed by atoms with Crippen molar-refractivity contribution in [3.05, 3.63) is 47.3 Å². The molecule has 2 aliphatic rings. The molecule has 0 fully saturated rings. The van der Waals surface area contributed by atoms with Crippen LogP contribution in [-0.4, -0.2) is 5.11 Å². The summed E-state index contributed by atoms with van der Waals surface area (Å²) in [6.07, 6.45) is 12.6. The first-order valence-corrected chi connectivity index (χ1v) is 6.07. The van der Waals surface area contributed by atoms with Crippen LogP contribution in [0.15, 0.2) is 47.3 Å². The first-order chi connectivity index (χ1) is 7.55. The minimum Gasteiger partial charge on any atom is -0.508 e. The van der Waals surface area contributed by atoms with Gasteiger partial charge in [0.2, 0.25) is 0 Å². The number of allylic oxidation sites excluding steroid dienone is 7. The van der Waals surface area contributed by atoms with Crippen molar-refractivity contribution in [3.8, 4) is 0 Å². The van der Waals surface area contributed by atoms with E-state index in [1.54, 1.807) is 6.08 Å². The van der Waals surface area contributed by atoms with Crippen LogP contribution < -0.4 is 0 Å². The Morgan fingerprint density at radius 3 is 2.88 bits per heavy atom. The molecule has 0 saturated carbocycles. The van der Waals surface area contributed by atoms with Crippen LogP contribution in [0.3, 0.4) is 0 Å². The molecule has 86 valence electrons. The standard InChI is InChI=1S/C15H20O/c1-4-11(2)12-5-7-15(3)8-6-14(16)10-13(15)9-12/h5-6,8-11,16H,4,7H2,1-3H3/t11?,15-/m1/s1. The van der Waals surface area contributed by atoms with Crippen LogP contribution in [-0.2, 0) is 0 Å². The molecule has 0 aromatic rings. The van der Waals surface area contributed by atoms with Crippen molar-refractivity contribution in [1.82, 2.24) is 0 Å². The first kappa shape index (κ1) is 11.3. The Labute approximate surface area is 97.9 Å². The van der Waals surface area contributed by atoms with Crippen LogP contribution in [0, 0.1) is 11.3 Å². The molecule has 2 atom stereocenters. The highest BCUT2D eigenvalue weighted by molar-refractivity contribution is 5.47. The molecule has 0 radical (unpaired) electrons. The molecule has 0 heterocycles. The lowest BCUT2D eigenvalue weighted by molar-refractivity contribution is 0.415. The highest BCUT2D eigenvalue weighted by Crippen LogP contribution is 2.42. The van der Waals surface area contributed by atoms with E-state index in [4.69, 9.17) is 0 Å². The first-order valence-electron chi connectivity index (χ1n) is 6.07. The summed E-state index contributed by atoms with van der Waals surface area (Å²) in [5, 5.41) is 9.56. The monoisotopic (exact) mass is 216 g/mol. The minimum atomic E-state index is 0.0865. The second kappa shape index (κ2) is 3.97. The predicted octanol–water partition coefficient (Wildman–Crippen LogP) is 4.31. The van der Waals surface area contributed by atoms with Gasteiger partial charge in [0.15, 0.2) is 0 Å². The maximum atomic E-state index is 9.56. The third-order valence-electron chi connectivity index (χ3n) is 3.85. The molecule has 0 amide bonds. The molecule has 0 aromatic heterocycles. The van der Waals surface area contributed by atoms with Crippen LogP contribution in [0.2, 0.25) is 0 Å². The van der Waals surface area contributed by atoms with Crippen LogP contribution in [0.1, 0.15) is 33.6 Å². The number of hydrogen-bond acceptors (Lipinski definition) is 1. The highest BCUT2D eigenvalue weighted by atomic mass is 16.3. The molecule has 0 aromatic carbocycles. The highest BCUT2D eigenvalue weighted by Gasteiger charge is 2.29. The van der Waals surface area contributed by atoms with Crippen molar-refractivity contribution in [2.45, 2.75) is 33.6 Å². The average molecular weight is 216 g/mol. The lowest BCUT2D eigenvalue weighted by Crippen LogP contribution is -2.21. The quantitative estimate of drug-likeness (QED) is 0.729. The van der Waals surface area contributed by atoms with Gasteiger partial charge in [0.1, 0.15) is 5.76 Å². The largest absolute Gasteiger partial charge is 0.508 e. The summed E-state index contributed by atoms with van der Waals surface area (Å²) >= 11 is 0. The van der Waals surface area contributed by atoms with Crippen LogP contribution in [0.5, 0.6) is 0 Å². The normalized spacial score (nSPS) is 30.1. The van der Waals surface area contributed by atoms with Gasteiger partial charge in [-0.1, -0.05) is 39.0 Å². The lowest BCUT2D eigenvalue weighted by atomic mass is 9.71. The molecular weight excluding hydrogens is 196 g/mol. The second-order valence-electron chi connectivity index (χ2n) is 5.14. The molecule has 1 heteroatoms. The van der Waals surface area contributed by atoms with Crippen molar-refractivity contribution in [2.75, 3.05) is 0 Å². The van der Waals surface area contributed by atoms with Gasteiger partial charge in [-0.2, -0.15) is 0 Å². The molecular formula is C15H20O. The van der Waals surface area contributed by atoms with Crippen molar-refractivity contribution in [2.24, 2.45) is 11.3 Å². The SMILES string of the molecule is CCC(C)C1=CC[C@]2(C)C=CC(O)=CC2=C1. The van der Waals surface area contributed by atoms with E-state index in [-0.39, 0.29) is 5.41 Å². The van der Waals surface area contributed by atoms with E-state index in [1.165, 1.54) is 11.1 Å². The fourth-order valence-corrected chi connectivity index (χ4v) is 2.28. The summed E-state index contributed by atoms with van der Waals surface area (Å²) in [6, 6.07) is 0. The molecule has 0 spiro atoms. The lowest BCUT2D eigenvalue weighted by Gasteiger charge is -2.33. The van der Waals surface area contributed by atoms with E-state index < -0.39 is 0 Å². The summed E-state index contributed by atoms with van der Waals surface area (Å²) < 4.78 is 0. The molecule has 0 saturated heterocycles. The smallest absolute Gasteiger partial charge is 0.115 e. The number of hydrogen-bond donors (Lipinski definition) is 1. The Hall–Kier alpha value is -1.24. The molecule has 1 unspecified atom stereocenters. The van der Waals surface area contributed by atoms with Crippen LogP contribution in [0.25, 0.3) is 0 Å². The third-order valence-corrected chi connectivity index (χ3v) is 3.85. The van der Waals surface area contributed by atoms with Crippen molar-refractivity contribution < 1.29 is 5.11 Å². The van der Waals surface area contributed by atoms with Gasteiger partial charge in [-0.3, -0.25) is 0 Å². The Morgan fingerprint density at radius 1 is 1.44 bits per heavy atom. The van der Waals surface area contributed by atoms with E-state index >= 15 is 0 Å². The van der Waals surface area contributed by atoms with Crippen LogP contribution >= 0.6 is 0 Å². The van der Waals surface area contributed by atoms with E-state index in [1.807, 2.05) is 6.08 Å². The van der Waals surface area contributed by atoms with Gasteiger partial charge in [-0.05, 0) is 42.1 Å². The Balaban J connectivity index is 2.33. The summed E-state index contributed by atoms with van der Waals surface area (Å²) in [6.45, 7) is 6.70. The maximum absolute atomic E-state index is 9.56. The van der Waals surface area contributed by atoms with Crippen molar-refractivity contribution in [1.29, 1.82) is 0 Å².